The number of hydrogen-bond donors (Lipinski definition) is 2. The molecule has 1 saturated heterocycles. The maximum atomic E-state index is 11.8. The predicted octanol–water partition coefficient (Wildman–Crippen LogP) is 3.93. The first-order chi connectivity index (χ1) is 18.3. The molecule has 6 rings (SSSR count). The van der Waals surface area contributed by atoms with Crippen molar-refractivity contribution in [3.63, 3.8) is 0 Å². The van der Waals surface area contributed by atoms with E-state index in [9.17, 15) is 10.2 Å². The van der Waals surface area contributed by atoms with Crippen LogP contribution in [0.15, 0.2) is 47.1 Å². The van der Waals surface area contributed by atoms with Crippen LogP contribution >= 0.6 is 0 Å². The zero-order chi connectivity index (χ0) is 26.4. The van der Waals surface area contributed by atoms with Gasteiger partial charge in [0, 0.05) is 24.6 Å². The quantitative estimate of drug-likeness (QED) is 0.462. The molecular formula is C30H38N4O4. The fourth-order valence-electron chi connectivity index (χ4n) is 7.10. The molecule has 0 radical (unpaired) electrons. The fraction of sp³-hybridized carbons (Fsp3) is 0.567. The minimum absolute atomic E-state index is 0.213. The van der Waals surface area contributed by atoms with E-state index in [0.717, 1.165) is 51.1 Å². The predicted molar refractivity (Wildman–Crippen MR) is 142 cm³/mol. The van der Waals surface area contributed by atoms with E-state index in [4.69, 9.17) is 9.26 Å². The molecule has 2 unspecified atom stereocenters. The van der Waals surface area contributed by atoms with Gasteiger partial charge in [-0.1, -0.05) is 24.2 Å². The van der Waals surface area contributed by atoms with Crippen LogP contribution in [0.1, 0.15) is 74.5 Å². The van der Waals surface area contributed by atoms with E-state index in [1.807, 2.05) is 24.3 Å². The summed E-state index contributed by atoms with van der Waals surface area (Å²) in [7, 11) is 0. The largest absolute Gasteiger partial charge is 0.485 e. The lowest BCUT2D eigenvalue weighted by atomic mass is 9.49. The van der Waals surface area contributed by atoms with E-state index in [2.05, 4.69) is 39.1 Å². The lowest BCUT2D eigenvalue weighted by Crippen LogP contribution is -2.62. The van der Waals surface area contributed by atoms with E-state index in [1.165, 1.54) is 17.5 Å². The van der Waals surface area contributed by atoms with Crippen LogP contribution in [0.3, 0.4) is 0 Å². The van der Waals surface area contributed by atoms with Crippen molar-refractivity contribution in [2.24, 2.45) is 5.92 Å². The minimum atomic E-state index is -1.38. The van der Waals surface area contributed by atoms with Crippen LogP contribution in [0.25, 0.3) is 0 Å². The molecule has 0 bridgehead atoms. The molecule has 2 aromatic heterocycles. The van der Waals surface area contributed by atoms with Crippen molar-refractivity contribution < 1.29 is 19.5 Å². The molecule has 3 heterocycles. The highest BCUT2D eigenvalue weighted by atomic mass is 16.5. The van der Waals surface area contributed by atoms with Crippen LogP contribution in [-0.4, -0.2) is 55.5 Å². The Bertz CT molecular complexity index is 1270. The second-order valence-corrected chi connectivity index (χ2v) is 11.6. The number of aryl methyl sites for hydroxylation is 1. The highest BCUT2D eigenvalue weighted by Crippen LogP contribution is 2.59. The van der Waals surface area contributed by atoms with Gasteiger partial charge in [-0.3, -0.25) is 4.98 Å². The summed E-state index contributed by atoms with van der Waals surface area (Å²) in [5.41, 5.74) is 0.160. The van der Waals surface area contributed by atoms with Crippen LogP contribution in [-0.2, 0) is 30.5 Å². The summed E-state index contributed by atoms with van der Waals surface area (Å²) in [6.45, 7) is 7.50. The number of aromatic nitrogens is 3. The van der Waals surface area contributed by atoms with Gasteiger partial charge in [0.2, 0.25) is 11.7 Å². The van der Waals surface area contributed by atoms with Crippen molar-refractivity contribution >= 4 is 0 Å². The average Bonchev–Trinajstić information content (AvgIpc) is 3.35. The summed E-state index contributed by atoms with van der Waals surface area (Å²) in [5.74, 6) is 2.25. The molecule has 1 aromatic carbocycles. The van der Waals surface area contributed by atoms with Crippen LogP contribution < -0.4 is 4.74 Å². The Morgan fingerprint density at radius 1 is 1.18 bits per heavy atom. The van der Waals surface area contributed by atoms with E-state index in [-0.39, 0.29) is 17.9 Å². The van der Waals surface area contributed by atoms with Gasteiger partial charge >= 0.3 is 0 Å². The normalized spacial score (nSPS) is 30.8. The first kappa shape index (κ1) is 25.5. The Morgan fingerprint density at radius 2 is 2.05 bits per heavy atom. The minimum Gasteiger partial charge on any atom is -0.485 e. The van der Waals surface area contributed by atoms with Crippen LogP contribution in [0.4, 0.5) is 0 Å². The van der Waals surface area contributed by atoms with Crippen LogP contribution in [0.5, 0.6) is 5.75 Å². The number of ether oxygens (including phenoxy) is 1. The van der Waals surface area contributed by atoms with E-state index in [0.29, 0.717) is 30.3 Å². The smallest absolute Gasteiger partial charge is 0.228 e. The molecule has 38 heavy (non-hydrogen) atoms. The number of rotatable bonds is 8. The Balaban J connectivity index is 1.18. The zero-order valence-electron chi connectivity index (χ0n) is 22.4. The number of likely N-dealkylation sites (tertiary alicyclic amines) is 1. The SMILES string of the molecule is CC[C@@]12CC(C)(O)C(O)(c3ccccn3)C[C@H]1CCc1cc(OCc3noc(CCN4CCC4)n3)ccc12. The van der Waals surface area contributed by atoms with Gasteiger partial charge in [-0.25, -0.2) is 0 Å². The molecule has 8 nitrogen and oxygen atoms in total. The van der Waals surface area contributed by atoms with Gasteiger partial charge in [0.05, 0.1) is 11.3 Å². The second-order valence-electron chi connectivity index (χ2n) is 11.6. The van der Waals surface area contributed by atoms with Gasteiger partial charge in [0.15, 0.2) is 6.61 Å². The third kappa shape index (κ3) is 4.32. The lowest BCUT2D eigenvalue weighted by Gasteiger charge is -2.58. The average molecular weight is 519 g/mol. The van der Waals surface area contributed by atoms with E-state index < -0.39 is 11.2 Å². The molecular weight excluding hydrogens is 480 g/mol. The third-order valence-corrected chi connectivity index (χ3v) is 9.44. The van der Waals surface area contributed by atoms with Gasteiger partial charge in [-0.2, -0.15) is 4.98 Å². The molecule has 0 amide bonds. The molecule has 1 saturated carbocycles. The van der Waals surface area contributed by atoms with E-state index >= 15 is 0 Å². The summed E-state index contributed by atoms with van der Waals surface area (Å²) in [6.07, 6.45) is 7.43. The molecule has 3 aromatic rings. The van der Waals surface area contributed by atoms with Crippen molar-refractivity contribution in [1.29, 1.82) is 0 Å². The van der Waals surface area contributed by atoms with E-state index in [1.54, 1.807) is 13.1 Å². The molecule has 8 heteroatoms. The Labute approximate surface area is 224 Å². The zero-order valence-corrected chi connectivity index (χ0v) is 22.4. The summed E-state index contributed by atoms with van der Waals surface area (Å²) in [5, 5.41) is 27.6. The lowest BCUT2D eigenvalue weighted by molar-refractivity contribution is -0.207. The summed E-state index contributed by atoms with van der Waals surface area (Å²) >= 11 is 0. The van der Waals surface area contributed by atoms with Crippen molar-refractivity contribution in [1.82, 2.24) is 20.0 Å². The number of aliphatic hydroxyl groups is 2. The Kier molecular flexibility index (Phi) is 6.53. The van der Waals surface area contributed by atoms with Gasteiger partial charge in [0.1, 0.15) is 11.4 Å². The number of fused-ring (bicyclic) bond motifs is 3. The van der Waals surface area contributed by atoms with Crippen molar-refractivity contribution in [2.75, 3.05) is 19.6 Å². The highest BCUT2D eigenvalue weighted by molar-refractivity contribution is 5.45. The van der Waals surface area contributed by atoms with Crippen molar-refractivity contribution in [2.45, 2.75) is 82.0 Å². The molecule has 1 aliphatic heterocycles. The van der Waals surface area contributed by atoms with Crippen LogP contribution in [0.2, 0.25) is 0 Å². The van der Waals surface area contributed by atoms with Gasteiger partial charge in [0.25, 0.3) is 0 Å². The summed E-state index contributed by atoms with van der Waals surface area (Å²) in [4.78, 5) is 11.3. The summed E-state index contributed by atoms with van der Waals surface area (Å²) < 4.78 is 11.5. The molecule has 2 fully saturated rings. The maximum Gasteiger partial charge on any atom is 0.228 e. The number of hydrogen-bond acceptors (Lipinski definition) is 8. The monoisotopic (exact) mass is 518 g/mol. The van der Waals surface area contributed by atoms with Gasteiger partial charge in [-0.05, 0) is 99.8 Å². The van der Waals surface area contributed by atoms with Crippen molar-refractivity contribution in [3.05, 3.63) is 71.1 Å². The first-order valence-electron chi connectivity index (χ1n) is 14.0. The molecule has 2 N–H and O–H groups in total. The Hall–Kier alpha value is -2.81. The van der Waals surface area contributed by atoms with Gasteiger partial charge in [-0.15, -0.1) is 0 Å². The first-order valence-corrected chi connectivity index (χ1v) is 14.0. The molecule has 4 atom stereocenters. The number of nitrogens with zero attached hydrogens (tertiary/aromatic N) is 4. The highest BCUT2D eigenvalue weighted by Gasteiger charge is 2.61. The number of pyridine rings is 1. The van der Waals surface area contributed by atoms with Crippen LogP contribution in [0, 0.1) is 5.92 Å². The second kappa shape index (κ2) is 9.74. The molecule has 202 valence electrons. The standard InChI is InChI=1S/C30H38N4O4/c1-3-29-20-28(2,35)30(36,25-7-4-5-13-31-25)18-22(29)9-8-21-17-23(10-11-24(21)29)37-19-26-32-27(38-33-26)12-16-34-14-6-15-34/h4-5,7,10-11,13,17,22,35-36H,3,6,8-9,12,14-16,18-20H2,1-2H3/t22-,28?,29-,30?/m1/s1. The Morgan fingerprint density at radius 3 is 2.79 bits per heavy atom. The molecule has 0 spiro atoms. The van der Waals surface area contributed by atoms with Crippen molar-refractivity contribution in [3.8, 4) is 5.75 Å². The third-order valence-electron chi connectivity index (χ3n) is 9.44. The maximum absolute atomic E-state index is 11.8. The topological polar surface area (TPSA) is 105 Å². The fourth-order valence-corrected chi connectivity index (χ4v) is 7.10. The molecule has 3 aliphatic rings. The molecule has 2 aliphatic carbocycles. The summed E-state index contributed by atoms with van der Waals surface area (Å²) in [6, 6.07) is 11.8. The van der Waals surface area contributed by atoms with Gasteiger partial charge < -0.3 is 24.4 Å². The number of benzene rings is 1.